The van der Waals surface area contributed by atoms with Crippen molar-refractivity contribution in [2.24, 2.45) is 7.05 Å². The van der Waals surface area contributed by atoms with E-state index < -0.39 is 0 Å². The van der Waals surface area contributed by atoms with Crippen LogP contribution in [0.5, 0.6) is 0 Å². The number of aryl methyl sites for hydroxylation is 1. The molecule has 1 aromatic carbocycles. The number of rotatable bonds is 4. The summed E-state index contributed by atoms with van der Waals surface area (Å²) in [4.78, 5) is 16.9. The van der Waals surface area contributed by atoms with E-state index in [-0.39, 0.29) is 5.91 Å². The van der Waals surface area contributed by atoms with Crippen molar-refractivity contribution in [1.82, 2.24) is 19.7 Å². The lowest BCUT2D eigenvalue weighted by molar-refractivity contribution is 0.103. The van der Waals surface area contributed by atoms with Crippen LogP contribution in [0.25, 0.3) is 11.4 Å². The molecular formula is C15H16N6OS. The highest BCUT2D eigenvalue weighted by atomic mass is 32.1. The van der Waals surface area contributed by atoms with Gasteiger partial charge in [0.05, 0.1) is 6.20 Å². The maximum absolute atomic E-state index is 12.3. The Morgan fingerprint density at radius 3 is 2.78 bits per heavy atom. The van der Waals surface area contributed by atoms with E-state index in [1.54, 1.807) is 13.2 Å². The van der Waals surface area contributed by atoms with Crippen molar-refractivity contribution in [3.8, 4) is 11.4 Å². The van der Waals surface area contributed by atoms with Crippen molar-refractivity contribution in [3.63, 3.8) is 0 Å². The van der Waals surface area contributed by atoms with Gasteiger partial charge in [-0.2, -0.15) is 0 Å². The Balaban J connectivity index is 1.82. The van der Waals surface area contributed by atoms with Gasteiger partial charge in [-0.25, -0.2) is 4.98 Å². The molecule has 0 atom stereocenters. The topological polar surface area (TPSA) is 84.7 Å². The van der Waals surface area contributed by atoms with E-state index in [0.29, 0.717) is 15.7 Å². The number of hydrogen-bond donors (Lipinski definition) is 2. The molecule has 7 nitrogen and oxygen atoms in total. The maximum Gasteiger partial charge on any atom is 0.267 e. The molecule has 0 spiro atoms. The summed E-state index contributed by atoms with van der Waals surface area (Å²) in [6.07, 6.45) is 1.56. The standard InChI is InChI=1S/C15H16N6OS/c1-9-19-20-13(21(9)3)10-5-4-6-11(7-10)18-14(22)12-8-17-15(16-2)23-12/h4-8H,1-3H3,(H,16,17)(H,18,22). The molecule has 0 saturated carbocycles. The first kappa shape index (κ1) is 15.2. The van der Waals surface area contributed by atoms with Crippen molar-refractivity contribution in [2.75, 3.05) is 17.7 Å². The molecule has 3 rings (SSSR count). The van der Waals surface area contributed by atoms with Gasteiger partial charge in [-0.15, -0.1) is 10.2 Å². The van der Waals surface area contributed by atoms with Crippen molar-refractivity contribution < 1.29 is 4.79 Å². The third kappa shape index (κ3) is 3.07. The van der Waals surface area contributed by atoms with Crippen molar-refractivity contribution in [2.45, 2.75) is 6.92 Å². The Morgan fingerprint density at radius 2 is 2.13 bits per heavy atom. The first-order valence-electron chi connectivity index (χ1n) is 7.00. The third-order valence-corrected chi connectivity index (χ3v) is 4.43. The largest absolute Gasteiger partial charge is 0.365 e. The van der Waals surface area contributed by atoms with Gasteiger partial charge in [0.15, 0.2) is 11.0 Å². The van der Waals surface area contributed by atoms with Gasteiger partial charge in [0, 0.05) is 25.3 Å². The van der Waals surface area contributed by atoms with E-state index in [0.717, 1.165) is 17.2 Å². The van der Waals surface area contributed by atoms with Gasteiger partial charge in [-0.1, -0.05) is 23.5 Å². The van der Waals surface area contributed by atoms with Crippen molar-refractivity contribution >= 4 is 28.1 Å². The van der Waals surface area contributed by atoms with E-state index in [2.05, 4.69) is 25.8 Å². The lowest BCUT2D eigenvalue weighted by Gasteiger charge is -2.06. The first-order chi connectivity index (χ1) is 11.1. The molecule has 0 bridgehead atoms. The average Bonchev–Trinajstić information content (AvgIpc) is 3.16. The highest BCUT2D eigenvalue weighted by Crippen LogP contribution is 2.23. The molecule has 2 N–H and O–H groups in total. The molecule has 118 valence electrons. The minimum atomic E-state index is -0.185. The van der Waals surface area contributed by atoms with Crippen LogP contribution in [0, 0.1) is 6.92 Å². The second kappa shape index (κ2) is 6.17. The van der Waals surface area contributed by atoms with Gasteiger partial charge >= 0.3 is 0 Å². The summed E-state index contributed by atoms with van der Waals surface area (Å²) < 4.78 is 1.91. The maximum atomic E-state index is 12.3. The lowest BCUT2D eigenvalue weighted by atomic mass is 10.2. The van der Waals surface area contributed by atoms with Crippen LogP contribution < -0.4 is 10.6 Å². The Morgan fingerprint density at radius 1 is 1.30 bits per heavy atom. The molecule has 1 amide bonds. The van der Waals surface area contributed by atoms with Crippen LogP contribution in [0.2, 0.25) is 0 Å². The summed E-state index contributed by atoms with van der Waals surface area (Å²) in [6.45, 7) is 1.89. The van der Waals surface area contributed by atoms with Crippen molar-refractivity contribution in [3.05, 3.63) is 41.2 Å². The van der Waals surface area contributed by atoms with E-state index in [1.165, 1.54) is 11.3 Å². The molecule has 23 heavy (non-hydrogen) atoms. The third-order valence-electron chi connectivity index (χ3n) is 3.41. The minimum Gasteiger partial charge on any atom is -0.365 e. The highest BCUT2D eigenvalue weighted by molar-refractivity contribution is 7.17. The number of hydrogen-bond acceptors (Lipinski definition) is 6. The van der Waals surface area contributed by atoms with Gasteiger partial charge in [0.25, 0.3) is 5.91 Å². The first-order valence-corrected chi connectivity index (χ1v) is 7.81. The fourth-order valence-corrected chi connectivity index (χ4v) is 2.75. The van der Waals surface area contributed by atoms with Crippen LogP contribution in [0.1, 0.15) is 15.5 Å². The van der Waals surface area contributed by atoms with Crippen LogP contribution in [0.15, 0.2) is 30.5 Å². The van der Waals surface area contributed by atoms with Crippen LogP contribution in [-0.4, -0.2) is 32.7 Å². The number of carbonyl (C=O) groups is 1. The summed E-state index contributed by atoms with van der Waals surface area (Å²) in [5, 5.41) is 14.7. The summed E-state index contributed by atoms with van der Waals surface area (Å²) >= 11 is 1.31. The predicted octanol–water partition coefficient (Wildman–Crippen LogP) is 2.54. The Kier molecular flexibility index (Phi) is 4.07. The van der Waals surface area contributed by atoms with E-state index in [4.69, 9.17) is 0 Å². The zero-order chi connectivity index (χ0) is 16.4. The quantitative estimate of drug-likeness (QED) is 0.769. The number of thiazole rings is 1. The Bertz CT molecular complexity index is 853. The van der Waals surface area contributed by atoms with Crippen LogP contribution in [-0.2, 0) is 7.05 Å². The molecule has 0 aliphatic rings. The number of nitrogens with one attached hydrogen (secondary N) is 2. The number of nitrogens with zero attached hydrogens (tertiary/aromatic N) is 4. The molecule has 2 aromatic heterocycles. The second-order valence-electron chi connectivity index (χ2n) is 4.94. The van der Waals surface area contributed by atoms with Gasteiger partial charge in [0.2, 0.25) is 0 Å². The number of carbonyl (C=O) groups excluding carboxylic acids is 1. The van der Waals surface area contributed by atoms with Gasteiger partial charge in [-0.05, 0) is 19.1 Å². The molecule has 0 fully saturated rings. The summed E-state index contributed by atoms with van der Waals surface area (Å²) in [6, 6.07) is 7.53. The fraction of sp³-hybridized carbons (Fsp3) is 0.200. The number of anilines is 2. The Labute approximate surface area is 137 Å². The molecule has 0 saturated heterocycles. The zero-order valence-electron chi connectivity index (χ0n) is 13.0. The minimum absolute atomic E-state index is 0.185. The molecular weight excluding hydrogens is 312 g/mol. The van der Waals surface area contributed by atoms with E-state index in [1.807, 2.05) is 42.8 Å². The molecule has 0 radical (unpaired) electrons. The second-order valence-corrected chi connectivity index (χ2v) is 5.98. The van der Waals surface area contributed by atoms with Crippen molar-refractivity contribution in [1.29, 1.82) is 0 Å². The highest BCUT2D eigenvalue weighted by Gasteiger charge is 2.12. The monoisotopic (exact) mass is 328 g/mol. The molecule has 0 aliphatic carbocycles. The fourth-order valence-electron chi connectivity index (χ4n) is 2.08. The van der Waals surface area contributed by atoms with Gasteiger partial charge in [-0.3, -0.25) is 4.79 Å². The number of amides is 1. The SMILES string of the molecule is CNc1ncc(C(=O)Nc2cccc(-c3nnc(C)n3C)c2)s1. The van der Waals surface area contributed by atoms with E-state index >= 15 is 0 Å². The molecule has 8 heteroatoms. The van der Waals surface area contributed by atoms with E-state index in [9.17, 15) is 4.79 Å². The predicted molar refractivity (Wildman–Crippen MR) is 90.8 cm³/mol. The Hall–Kier alpha value is -2.74. The number of benzene rings is 1. The summed E-state index contributed by atoms with van der Waals surface area (Å²) in [5.41, 5.74) is 1.60. The molecule has 0 aliphatic heterocycles. The van der Waals surface area contributed by atoms with Crippen LogP contribution in [0.3, 0.4) is 0 Å². The van der Waals surface area contributed by atoms with Crippen LogP contribution in [0.4, 0.5) is 10.8 Å². The van der Waals surface area contributed by atoms with Crippen LogP contribution >= 0.6 is 11.3 Å². The molecule has 2 heterocycles. The van der Waals surface area contributed by atoms with Gasteiger partial charge in [0.1, 0.15) is 10.7 Å². The number of aromatic nitrogens is 4. The summed E-state index contributed by atoms with van der Waals surface area (Å²) in [7, 11) is 3.68. The van der Waals surface area contributed by atoms with Gasteiger partial charge < -0.3 is 15.2 Å². The smallest absolute Gasteiger partial charge is 0.267 e. The average molecular weight is 328 g/mol. The molecule has 0 unspecified atom stereocenters. The molecule has 3 aromatic rings. The lowest BCUT2D eigenvalue weighted by Crippen LogP contribution is -2.10. The normalized spacial score (nSPS) is 10.6. The summed E-state index contributed by atoms with van der Waals surface area (Å²) in [5.74, 6) is 1.41. The zero-order valence-corrected chi connectivity index (χ0v) is 13.8.